The van der Waals surface area contributed by atoms with Gasteiger partial charge in [0.1, 0.15) is 5.75 Å². The zero-order valence-electron chi connectivity index (χ0n) is 8.29. The third-order valence-corrected chi connectivity index (χ3v) is 2.04. The first-order valence-corrected chi connectivity index (χ1v) is 4.33. The highest BCUT2D eigenvalue weighted by Crippen LogP contribution is 2.23. The minimum absolute atomic E-state index is 0.432. The van der Waals surface area contributed by atoms with Gasteiger partial charge in [-0.25, -0.2) is 0 Å². The van der Waals surface area contributed by atoms with Crippen molar-refractivity contribution in [2.45, 2.75) is 19.8 Å². The molecule has 0 fully saturated rings. The molecule has 0 amide bonds. The van der Waals surface area contributed by atoms with E-state index in [9.17, 15) is 0 Å². The summed E-state index contributed by atoms with van der Waals surface area (Å²) in [6.45, 7) is 4.24. The monoisotopic (exact) mass is 174 g/mol. The Hall–Kier alpha value is -1.42. The molecule has 0 saturated heterocycles. The number of hydrogen-bond donors (Lipinski definition) is 0. The molecule has 0 unspecified atom stereocenters. The quantitative estimate of drug-likeness (QED) is 0.626. The zero-order valence-corrected chi connectivity index (χ0v) is 8.29. The fraction of sp³-hybridized carbons (Fsp3) is 0.333. The summed E-state index contributed by atoms with van der Waals surface area (Å²) in [6, 6.07) is 5.81. The van der Waals surface area contributed by atoms with Crippen molar-refractivity contribution in [2.75, 3.05) is 7.11 Å². The number of terminal acetylenes is 1. The zero-order chi connectivity index (χ0) is 9.84. The molecule has 1 aromatic carbocycles. The van der Waals surface area contributed by atoms with E-state index in [-0.39, 0.29) is 0 Å². The molecule has 68 valence electrons. The second-order valence-corrected chi connectivity index (χ2v) is 3.25. The summed E-state index contributed by atoms with van der Waals surface area (Å²) in [5, 5.41) is 0. The van der Waals surface area contributed by atoms with Gasteiger partial charge in [-0.3, -0.25) is 0 Å². The maximum atomic E-state index is 5.39. The Morgan fingerprint density at radius 1 is 1.38 bits per heavy atom. The van der Waals surface area contributed by atoms with Gasteiger partial charge in [-0.15, -0.1) is 6.42 Å². The molecule has 0 aliphatic rings. The van der Waals surface area contributed by atoms with Crippen LogP contribution in [0.25, 0.3) is 0 Å². The molecule has 1 aromatic rings. The summed E-state index contributed by atoms with van der Waals surface area (Å²) in [5.74, 6) is 3.97. The Morgan fingerprint density at radius 3 is 2.54 bits per heavy atom. The van der Waals surface area contributed by atoms with Crippen LogP contribution < -0.4 is 4.74 Å². The third kappa shape index (κ3) is 2.03. The van der Waals surface area contributed by atoms with Crippen molar-refractivity contribution < 1.29 is 4.74 Å². The normalized spacial score (nSPS) is 9.77. The summed E-state index contributed by atoms with van der Waals surface area (Å²) < 4.78 is 5.14. The highest BCUT2D eigenvalue weighted by molar-refractivity contribution is 5.45. The lowest BCUT2D eigenvalue weighted by Crippen LogP contribution is -1.94. The minimum Gasteiger partial charge on any atom is -0.497 e. The van der Waals surface area contributed by atoms with Gasteiger partial charge < -0.3 is 4.74 Å². The number of ether oxygens (including phenoxy) is 1. The first kappa shape index (κ1) is 9.67. The molecule has 0 heterocycles. The lowest BCUT2D eigenvalue weighted by molar-refractivity contribution is 0.414. The molecule has 0 aliphatic heterocycles. The first-order valence-electron chi connectivity index (χ1n) is 4.33. The number of rotatable bonds is 2. The van der Waals surface area contributed by atoms with E-state index in [4.69, 9.17) is 11.2 Å². The van der Waals surface area contributed by atoms with E-state index in [1.807, 2.05) is 18.2 Å². The Bertz CT molecular complexity index is 331. The molecular weight excluding hydrogens is 160 g/mol. The molecule has 0 spiro atoms. The molecule has 0 aliphatic carbocycles. The Kier molecular flexibility index (Phi) is 2.97. The highest BCUT2D eigenvalue weighted by Gasteiger charge is 2.05. The predicted octanol–water partition coefficient (Wildman–Crippen LogP) is 2.80. The van der Waals surface area contributed by atoms with E-state index in [0.717, 1.165) is 11.3 Å². The molecular formula is C12H14O. The topological polar surface area (TPSA) is 9.23 Å². The fourth-order valence-electron chi connectivity index (χ4n) is 1.28. The summed E-state index contributed by atoms with van der Waals surface area (Å²) in [7, 11) is 1.66. The van der Waals surface area contributed by atoms with Crippen molar-refractivity contribution in [3.63, 3.8) is 0 Å². The SMILES string of the molecule is C#Cc1ccc(OC)cc1C(C)C. The van der Waals surface area contributed by atoms with Gasteiger partial charge in [0.2, 0.25) is 0 Å². The van der Waals surface area contributed by atoms with Crippen LogP contribution in [0.1, 0.15) is 30.9 Å². The van der Waals surface area contributed by atoms with Crippen molar-refractivity contribution >= 4 is 0 Å². The lowest BCUT2D eigenvalue weighted by Gasteiger charge is -2.10. The van der Waals surface area contributed by atoms with Crippen molar-refractivity contribution in [1.29, 1.82) is 0 Å². The van der Waals surface area contributed by atoms with E-state index in [0.29, 0.717) is 5.92 Å². The van der Waals surface area contributed by atoms with E-state index >= 15 is 0 Å². The van der Waals surface area contributed by atoms with Crippen LogP contribution in [-0.2, 0) is 0 Å². The van der Waals surface area contributed by atoms with Gasteiger partial charge in [0.05, 0.1) is 7.11 Å². The van der Waals surface area contributed by atoms with Crippen LogP contribution in [0, 0.1) is 12.3 Å². The van der Waals surface area contributed by atoms with E-state index in [1.54, 1.807) is 7.11 Å². The smallest absolute Gasteiger partial charge is 0.119 e. The van der Waals surface area contributed by atoms with Crippen LogP contribution in [0.5, 0.6) is 5.75 Å². The van der Waals surface area contributed by atoms with Crippen LogP contribution in [0.4, 0.5) is 0 Å². The van der Waals surface area contributed by atoms with Gasteiger partial charge in [-0.05, 0) is 29.7 Å². The van der Waals surface area contributed by atoms with Crippen LogP contribution in [-0.4, -0.2) is 7.11 Å². The second-order valence-electron chi connectivity index (χ2n) is 3.25. The van der Waals surface area contributed by atoms with E-state index in [1.165, 1.54) is 5.56 Å². The van der Waals surface area contributed by atoms with Crippen molar-refractivity contribution in [2.24, 2.45) is 0 Å². The number of methoxy groups -OCH3 is 1. The van der Waals surface area contributed by atoms with Crippen LogP contribution >= 0.6 is 0 Å². The molecule has 1 nitrogen and oxygen atoms in total. The van der Waals surface area contributed by atoms with Gasteiger partial charge >= 0.3 is 0 Å². The van der Waals surface area contributed by atoms with Crippen molar-refractivity contribution in [1.82, 2.24) is 0 Å². The van der Waals surface area contributed by atoms with E-state index < -0.39 is 0 Å². The molecule has 0 radical (unpaired) electrons. The van der Waals surface area contributed by atoms with Gasteiger partial charge in [0, 0.05) is 5.56 Å². The highest BCUT2D eigenvalue weighted by atomic mass is 16.5. The third-order valence-electron chi connectivity index (χ3n) is 2.04. The van der Waals surface area contributed by atoms with Crippen LogP contribution in [0.15, 0.2) is 18.2 Å². The van der Waals surface area contributed by atoms with Gasteiger partial charge in [-0.1, -0.05) is 19.8 Å². The van der Waals surface area contributed by atoms with Gasteiger partial charge in [0.15, 0.2) is 0 Å². The lowest BCUT2D eigenvalue weighted by atomic mass is 9.97. The van der Waals surface area contributed by atoms with Crippen LogP contribution in [0.3, 0.4) is 0 Å². The average molecular weight is 174 g/mol. The maximum Gasteiger partial charge on any atom is 0.119 e. The summed E-state index contributed by atoms with van der Waals surface area (Å²) >= 11 is 0. The maximum absolute atomic E-state index is 5.39. The van der Waals surface area contributed by atoms with Crippen molar-refractivity contribution in [3.8, 4) is 18.1 Å². The molecule has 0 bridgehead atoms. The number of benzene rings is 1. The Labute approximate surface area is 79.7 Å². The number of hydrogen-bond acceptors (Lipinski definition) is 1. The van der Waals surface area contributed by atoms with Crippen LogP contribution in [0.2, 0.25) is 0 Å². The molecule has 1 heteroatoms. The Morgan fingerprint density at radius 2 is 2.08 bits per heavy atom. The molecule has 13 heavy (non-hydrogen) atoms. The molecule has 0 atom stereocenters. The predicted molar refractivity (Wildman–Crippen MR) is 55.0 cm³/mol. The first-order chi connectivity index (χ1) is 6.19. The summed E-state index contributed by atoms with van der Waals surface area (Å²) in [4.78, 5) is 0. The van der Waals surface area contributed by atoms with Gasteiger partial charge in [0.25, 0.3) is 0 Å². The molecule has 1 rings (SSSR count). The molecule has 0 saturated carbocycles. The minimum atomic E-state index is 0.432. The fourth-order valence-corrected chi connectivity index (χ4v) is 1.28. The molecule has 0 N–H and O–H groups in total. The standard InChI is InChI=1S/C12H14O/c1-5-10-6-7-11(13-4)8-12(10)9(2)3/h1,6-9H,2-4H3. The molecule has 0 aromatic heterocycles. The Balaban J connectivity index is 3.20. The van der Waals surface area contributed by atoms with E-state index in [2.05, 4.69) is 19.8 Å². The van der Waals surface area contributed by atoms with Crippen molar-refractivity contribution in [3.05, 3.63) is 29.3 Å². The summed E-state index contributed by atoms with van der Waals surface area (Å²) in [6.07, 6.45) is 5.39. The summed E-state index contributed by atoms with van der Waals surface area (Å²) in [5.41, 5.74) is 2.12. The second kappa shape index (κ2) is 4.00. The largest absolute Gasteiger partial charge is 0.497 e. The average Bonchev–Trinajstić information content (AvgIpc) is 2.16. The van der Waals surface area contributed by atoms with Gasteiger partial charge in [-0.2, -0.15) is 0 Å².